The lowest BCUT2D eigenvalue weighted by Crippen LogP contribution is -2.33. The van der Waals surface area contributed by atoms with Crippen molar-refractivity contribution in [3.05, 3.63) is 18.0 Å². The number of ether oxygens (including phenoxy) is 2. The van der Waals surface area contributed by atoms with E-state index < -0.39 is 6.61 Å². The Balaban J connectivity index is 1.70. The average molecular weight is 381 g/mol. The monoisotopic (exact) mass is 381 g/mol. The Kier molecular flexibility index (Phi) is 6.12. The summed E-state index contributed by atoms with van der Waals surface area (Å²) in [6, 6.07) is 1.37. The summed E-state index contributed by atoms with van der Waals surface area (Å²) in [6.45, 7) is 0.558. The van der Waals surface area contributed by atoms with Gasteiger partial charge in [-0.3, -0.25) is 5.10 Å². The molecule has 0 aliphatic carbocycles. The lowest BCUT2D eigenvalue weighted by Gasteiger charge is -2.29. The minimum Gasteiger partial charge on any atom is -0.415 e. The van der Waals surface area contributed by atoms with Gasteiger partial charge in [0.2, 0.25) is 5.88 Å². The Bertz CT molecular complexity index is 765. The molecule has 0 unspecified atom stereocenters. The number of aromatic nitrogens is 4. The molecule has 9 nitrogen and oxygen atoms in total. The number of nitrogens with zero attached hydrogens (tertiary/aromatic N) is 3. The van der Waals surface area contributed by atoms with Gasteiger partial charge >= 0.3 is 6.61 Å². The molecule has 1 aliphatic rings. The molecule has 27 heavy (non-hydrogen) atoms. The highest BCUT2D eigenvalue weighted by Gasteiger charge is 2.22. The van der Waals surface area contributed by atoms with E-state index >= 15 is 0 Å². The number of halogens is 2. The molecule has 0 amide bonds. The zero-order chi connectivity index (χ0) is 19.2. The maximum atomic E-state index is 12.2. The van der Waals surface area contributed by atoms with Crippen LogP contribution in [-0.2, 0) is 4.74 Å². The van der Waals surface area contributed by atoms with Gasteiger partial charge in [0.15, 0.2) is 11.6 Å². The van der Waals surface area contributed by atoms with Crippen molar-refractivity contribution in [2.45, 2.75) is 32.4 Å². The predicted octanol–water partition coefficient (Wildman–Crippen LogP) is 2.77. The lowest BCUT2D eigenvalue weighted by atomic mass is 9.95. The van der Waals surface area contributed by atoms with Crippen LogP contribution in [0.15, 0.2) is 12.3 Å². The number of alkyl halides is 2. The fraction of sp³-hybridized carbons (Fsp3) is 0.500. The van der Waals surface area contributed by atoms with Gasteiger partial charge in [0, 0.05) is 30.8 Å². The topological polar surface area (TPSA) is 121 Å². The van der Waals surface area contributed by atoms with E-state index in [-0.39, 0.29) is 11.9 Å². The number of hydrogen-bond donors (Lipinski definition) is 4. The molecule has 2 aromatic heterocycles. The highest BCUT2D eigenvalue weighted by atomic mass is 19.3. The van der Waals surface area contributed by atoms with Gasteiger partial charge in [-0.2, -0.15) is 8.78 Å². The number of anilines is 3. The summed E-state index contributed by atoms with van der Waals surface area (Å²) in [5.74, 6) is 1.25. The molecule has 1 aliphatic heterocycles. The molecule has 2 aromatic rings. The van der Waals surface area contributed by atoms with Crippen molar-refractivity contribution in [1.82, 2.24) is 20.2 Å². The molecule has 0 radical (unpaired) electrons. The lowest BCUT2D eigenvalue weighted by molar-refractivity contribution is -0.0528. The Morgan fingerprint density at radius 1 is 1.48 bits per heavy atom. The van der Waals surface area contributed by atoms with Gasteiger partial charge in [-0.05, 0) is 19.8 Å². The van der Waals surface area contributed by atoms with Crippen LogP contribution in [0.5, 0.6) is 5.88 Å². The fourth-order valence-electron chi connectivity index (χ4n) is 2.82. The van der Waals surface area contributed by atoms with E-state index in [2.05, 4.69) is 35.5 Å². The van der Waals surface area contributed by atoms with Gasteiger partial charge in [-0.1, -0.05) is 0 Å². The SMILES string of the molecule is C[C@H](Nc1nc(Nc2cc(OC(F)F)n[nH]2)cnc1C=N)[C@H]1CCCOC1. The second kappa shape index (κ2) is 8.71. The second-order valence-corrected chi connectivity index (χ2v) is 6.17. The van der Waals surface area contributed by atoms with Gasteiger partial charge in [-0.25, -0.2) is 9.97 Å². The molecular formula is C16H21F2N7O2. The Morgan fingerprint density at radius 3 is 3.04 bits per heavy atom. The van der Waals surface area contributed by atoms with Gasteiger partial charge in [0.25, 0.3) is 0 Å². The maximum absolute atomic E-state index is 12.2. The van der Waals surface area contributed by atoms with Crippen molar-refractivity contribution >= 4 is 23.7 Å². The number of nitrogens with one attached hydrogen (secondary N) is 4. The highest BCUT2D eigenvalue weighted by Crippen LogP contribution is 2.23. The zero-order valence-electron chi connectivity index (χ0n) is 14.7. The van der Waals surface area contributed by atoms with Crippen molar-refractivity contribution < 1.29 is 18.3 Å². The predicted molar refractivity (Wildman–Crippen MR) is 95.0 cm³/mol. The van der Waals surface area contributed by atoms with Crippen LogP contribution in [0, 0.1) is 11.3 Å². The summed E-state index contributed by atoms with van der Waals surface area (Å²) < 4.78 is 34.1. The molecule has 4 N–H and O–H groups in total. The van der Waals surface area contributed by atoms with Crippen molar-refractivity contribution in [3.8, 4) is 5.88 Å². The molecule has 0 saturated carbocycles. The largest absolute Gasteiger partial charge is 0.415 e. The van der Waals surface area contributed by atoms with Gasteiger partial charge in [-0.15, -0.1) is 5.10 Å². The fourth-order valence-corrected chi connectivity index (χ4v) is 2.82. The maximum Gasteiger partial charge on any atom is 0.388 e. The van der Waals surface area contributed by atoms with Crippen LogP contribution in [-0.4, -0.2) is 52.2 Å². The van der Waals surface area contributed by atoms with Crippen molar-refractivity contribution in [3.63, 3.8) is 0 Å². The van der Waals surface area contributed by atoms with E-state index in [4.69, 9.17) is 10.1 Å². The number of hydrogen-bond acceptors (Lipinski definition) is 8. The average Bonchev–Trinajstić information content (AvgIpc) is 3.08. The van der Waals surface area contributed by atoms with Crippen molar-refractivity contribution in [2.75, 3.05) is 23.8 Å². The minimum atomic E-state index is -2.95. The summed E-state index contributed by atoms with van der Waals surface area (Å²) >= 11 is 0. The smallest absolute Gasteiger partial charge is 0.388 e. The van der Waals surface area contributed by atoms with E-state index in [1.807, 2.05) is 6.92 Å². The molecule has 11 heteroatoms. The molecule has 2 atom stereocenters. The van der Waals surface area contributed by atoms with Crippen LogP contribution < -0.4 is 15.4 Å². The molecule has 3 heterocycles. The highest BCUT2D eigenvalue weighted by molar-refractivity contribution is 5.82. The molecule has 0 bridgehead atoms. The second-order valence-electron chi connectivity index (χ2n) is 6.17. The molecule has 3 rings (SSSR count). The van der Waals surface area contributed by atoms with E-state index in [1.165, 1.54) is 12.3 Å². The summed E-state index contributed by atoms with van der Waals surface area (Å²) in [5.41, 5.74) is 0.399. The standard InChI is InChI=1S/C16H21F2N7O2/c1-9(10-3-2-4-26-8-10)21-15-11(6-19)20-7-13(23-15)22-12-5-14(25-24-12)27-16(17)18/h5-7,9-10,16,19H,2-4,8H2,1H3,(H3,21,22,23,24,25)/t9-,10-/m0/s1. The van der Waals surface area contributed by atoms with E-state index in [0.717, 1.165) is 25.7 Å². The van der Waals surface area contributed by atoms with Crippen molar-refractivity contribution in [1.29, 1.82) is 5.41 Å². The van der Waals surface area contributed by atoms with E-state index in [1.54, 1.807) is 0 Å². The van der Waals surface area contributed by atoms with Gasteiger partial charge in [0.05, 0.1) is 12.8 Å². The quantitative estimate of drug-likeness (QED) is 0.519. The van der Waals surface area contributed by atoms with Crippen LogP contribution in [0.3, 0.4) is 0 Å². The third-order valence-corrected chi connectivity index (χ3v) is 4.23. The van der Waals surface area contributed by atoms with Gasteiger partial charge < -0.3 is 25.5 Å². The molecule has 146 valence electrons. The third kappa shape index (κ3) is 5.09. The zero-order valence-corrected chi connectivity index (χ0v) is 14.7. The van der Waals surface area contributed by atoms with Crippen LogP contribution in [0.25, 0.3) is 0 Å². The summed E-state index contributed by atoms with van der Waals surface area (Å²) in [6.07, 6.45) is 4.63. The Morgan fingerprint density at radius 2 is 2.33 bits per heavy atom. The number of H-pyrrole nitrogens is 1. The van der Waals surface area contributed by atoms with Crippen LogP contribution >= 0.6 is 0 Å². The summed E-state index contributed by atoms with van der Waals surface area (Å²) in [4.78, 5) is 8.63. The van der Waals surface area contributed by atoms with Crippen LogP contribution in [0.2, 0.25) is 0 Å². The molecule has 1 fully saturated rings. The first-order valence-electron chi connectivity index (χ1n) is 8.54. The molecule has 0 spiro atoms. The summed E-state index contributed by atoms with van der Waals surface area (Å²) in [5, 5.41) is 19.8. The Labute approximate surface area is 154 Å². The first-order chi connectivity index (χ1) is 13.0. The molecule has 1 saturated heterocycles. The van der Waals surface area contributed by atoms with E-state index in [0.29, 0.717) is 35.7 Å². The van der Waals surface area contributed by atoms with Crippen LogP contribution in [0.4, 0.5) is 26.2 Å². The molecular weight excluding hydrogens is 360 g/mol. The first-order valence-corrected chi connectivity index (χ1v) is 8.54. The summed E-state index contributed by atoms with van der Waals surface area (Å²) in [7, 11) is 0. The third-order valence-electron chi connectivity index (χ3n) is 4.23. The normalized spacial score (nSPS) is 18.1. The van der Waals surface area contributed by atoms with E-state index in [9.17, 15) is 8.78 Å². The van der Waals surface area contributed by atoms with Crippen molar-refractivity contribution in [2.24, 2.45) is 5.92 Å². The number of rotatable bonds is 8. The van der Waals surface area contributed by atoms with Crippen LogP contribution in [0.1, 0.15) is 25.5 Å². The number of aromatic amines is 1. The minimum absolute atomic E-state index is 0.0896. The Hall–Kier alpha value is -2.82. The van der Waals surface area contributed by atoms with Gasteiger partial charge in [0.1, 0.15) is 11.5 Å². The first kappa shape index (κ1) is 19.0. The molecule has 0 aromatic carbocycles.